The molecule has 0 aromatic heterocycles. The van der Waals surface area contributed by atoms with Crippen molar-refractivity contribution in [1.29, 1.82) is 0 Å². The van der Waals surface area contributed by atoms with Crippen LogP contribution < -0.4 is 14.4 Å². The second-order valence-electron chi connectivity index (χ2n) is 4.82. The smallest absolute Gasteiger partial charge is 0.231 e. The Hall–Kier alpha value is -2.69. The van der Waals surface area contributed by atoms with Gasteiger partial charge in [0.1, 0.15) is 17.2 Å². The van der Waals surface area contributed by atoms with Crippen LogP contribution in [0.3, 0.4) is 0 Å². The number of carbonyl (C=O) groups excluding carboxylic acids is 1. The lowest BCUT2D eigenvalue weighted by atomic mass is 10.1. The molecule has 0 saturated carbocycles. The number of carbonyl (C=O) groups is 1. The topological polar surface area (TPSA) is 59.0 Å². The van der Waals surface area contributed by atoms with Crippen molar-refractivity contribution in [1.82, 2.24) is 0 Å². The fourth-order valence-electron chi connectivity index (χ4n) is 2.10. The summed E-state index contributed by atoms with van der Waals surface area (Å²) < 4.78 is 10.5. The Balaban J connectivity index is 2.16. The van der Waals surface area contributed by atoms with Gasteiger partial charge in [-0.05, 0) is 30.3 Å². The van der Waals surface area contributed by atoms with Crippen LogP contribution in [0, 0.1) is 0 Å². The minimum absolute atomic E-state index is 0.0749. The molecule has 5 nitrogen and oxygen atoms in total. The van der Waals surface area contributed by atoms with Crippen molar-refractivity contribution in [2.75, 3.05) is 26.2 Å². The van der Waals surface area contributed by atoms with Gasteiger partial charge in [0.25, 0.3) is 0 Å². The van der Waals surface area contributed by atoms with Gasteiger partial charge in [0, 0.05) is 24.4 Å². The zero-order chi connectivity index (χ0) is 16.1. The van der Waals surface area contributed by atoms with E-state index in [9.17, 15) is 9.90 Å². The number of amides is 1. The molecule has 22 heavy (non-hydrogen) atoms. The minimum Gasteiger partial charge on any atom is -0.508 e. The highest BCUT2D eigenvalue weighted by atomic mass is 16.5. The Kier molecular flexibility index (Phi) is 4.88. The van der Waals surface area contributed by atoms with Gasteiger partial charge in [-0.1, -0.05) is 6.07 Å². The van der Waals surface area contributed by atoms with Crippen molar-refractivity contribution >= 4 is 11.6 Å². The molecular weight excluding hydrogens is 282 g/mol. The van der Waals surface area contributed by atoms with E-state index in [1.165, 1.54) is 0 Å². The van der Waals surface area contributed by atoms with Gasteiger partial charge in [-0.15, -0.1) is 0 Å². The molecule has 0 aliphatic heterocycles. The zero-order valence-corrected chi connectivity index (χ0v) is 12.9. The van der Waals surface area contributed by atoms with E-state index in [0.29, 0.717) is 11.5 Å². The van der Waals surface area contributed by atoms with E-state index in [-0.39, 0.29) is 18.1 Å². The predicted octanol–water partition coefficient (Wildman–Crippen LogP) is 2.61. The molecule has 116 valence electrons. The molecule has 0 aliphatic rings. The highest BCUT2D eigenvalue weighted by Crippen LogP contribution is 2.26. The summed E-state index contributed by atoms with van der Waals surface area (Å²) in [4.78, 5) is 13.9. The number of phenolic OH excluding ortho intramolecular Hbond substituents is 1. The van der Waals surface area contributed by atoms with E-state index in [1.54, 1.807) is 62.6 Å². The van der Waals surface area contributed by atoms with Gasteiger partial charge in [0.2, 0.25) is 5.91 Å². The number of hydrogen-bond acceptors (Lipinski definition) is 4. The summed E-state index contributed by atoms with van der Waals surface area (Å²) in [5, 5.41) is 9.30. The number of likely N-dealkylation sites (N-methyl/N-ethyl adjacent to an activating group) is 1. The first-order valence-electron chi connectivity index (χ1n) is 6.81. The number of benzene rings is 2. The molecule has 2 rings (SSSR count). The SMILES string of the molecule is COc1ccc(CC(=O)N(C)c2ccc(O)cc2)c(OC)c1. The van der Waals surface area contributed by atoms with Gasteiger partial charge in [0.15, 0.2) is 0 Å². The summed E-state index contributed by atoms with van der Waals surface area (Å²) in [5.41, 5.74) is 1.51. The maximum Gasteiger partial charge on any atom is 0.231 e. The van der Waals surface area contributed by atoms with Gasteiger partial charge >= 0.3 is 0 Å². The first kappa shape index (κ1) is 15.7. The van der Waals surface area contributed by atoms with Crippen molar-refractivity contribution < 1.29 is 19.4 Å². The van der Waals surface area contributed by atoms with E-state index in [0.717, 1.165) is 11.3 Å². The first-order valence-corrected chi connectivity index (χ1v) is 6.81. The molecule has 0 aliphatic carbocycles. The Bertz CT molecular complexity index is 652. The van der Waals surface area contributed by atoms with Gasteiger partial charge < -0.3 is 19.5 Å². The molecule has 0 heterocycles. The minimum atomic E-state index is -0.0749. The fourth-order valence-corrected chi connectivity index (χ4v) is 2.10. The molecule has 0 saturated heterocycles. The molecule has 2 aromatic carbocycles. The lowest BCUT2D eigenvalue weighted by molar-refractivity contribution is -0.117. The lowest BCUT2D eigenvalue weighted by Gasteiger charge is -2.18. The lowest BCUT2D eigenvalue weighted by Crippen LogP contribution is -2.27. The standard InChI is InChI=1S/C17H19NO4/c1-18(13-5-7-14(19)8-6-13)17(20)10-12-4-9-15(21-2)11-16(12)22-3/h4-9,11,19H,10H2,1-3H3. The van der Waals surface area contributed by atoms with Gasteiger partial charge in [-0.2, -0.15) is 0 Å². The summed E-state index contributed by atoms with van der Waals surface area (Å²) in [7, 11) is 4.84. The van der Waals surface area contributed by atoms with Crippen LogP contribution >= 0.6 is 0 Å². The Morgan fingerprint density at radius 3 is 2.36 bits per heavy atom. The summed E-state index contributed by atoms with van der Waals surface area (Å²) in [6.45, 7) is 0. The van der Waals surface area contributed by atoms with Crippen molar-refractivity contribution in [3.63, 3.8) is 0 Å². The van der Waals surface area contributed by atoms with E-state index in [4.69, 9.17) is 9.47 Å². The van der Waals surface area contributed by atoms with E-state index in [1.807, 2.05) is 6.07 Å². The van der Waals surface area contributed by atoms with Crippen molar-refractivity contribution in [2.24, 2.45) is 0 Å². The van der Waals surface area contributed by atoms with E-state index >= 15 is 0 Å². The fraction of sp³-hybridized carbons (Fsp3) is 0.235. The van der Waals surface area contributed by atoms with Crippen LogP contribution in [0.15, 0.2) is 42.5 Å². The first-order chi connectivity index (χ1) is 10.5. The molecular formula is C17H19NO4. The molecule has 0 unspecified atom stereocenters. The normalized spacial score (nSPS) is 10.1. The van der Waals surface area contributed by atoms with Crippen LogP contribution in [0.4, 0.5) is 5.69 Å². The summed E-state index contributed by atoms with van der Waals surface area (Å²) in [6.07, 6.45) is 0.213. The van der Waals surface area contributed by atoms with Crippen molar-refractivity contribution in [2.45, 2.75) is 6.42 Å². The molecule has 0 spiro atoms. The van der Waals surface area contributed by atoms with E-state index < -0.39 is 0 Å². The van der Waals surface area contributed by atoms with Gasteiger partial charge in [0.05, 0.1) is 20.6 Å². The van der Waals surface area contributed by atoms with E-state index in [2.05, 4.69) is 0 Å². The third kappa shape index (κ3) is 3.49. The molecule has 2 aromatic rings. The number of aromatic hydroxyl groups is 1. The van der Waals surface area contributed by atoms with Crippen LogP contribution in [0.1, 0.15) is 5.56 Å². The van der Waals surface area contributed by atoms with Crippen LogP contribution in [0.25, 0.3) is 0 Å². The van der Waals surface area contributed by atoms with Crippen LogP contribution in [-0.4, -0.2) is 32.3 Å². The monoisotopic (exact) mass is 301 g/mol. The number of ether oxygens (including phenoxy) is 2. The molecule has 0 bridgehead atoms. The number of rotatable bonds is 5. The Morgan fingerprint density at radius 1 is 1.09 bits per heavy atom. The van der Waals surface area contributed by atoms with Crippen molar-refractivity contribution in [3.8, 4) is 17.2 Å². The quantitative estimate of drug-likeness (QED) is 0.922. The average Bonchev–Trinajstić information content (AvgIpc) is 2.55. The Morgan fingerprint density at radius 2 is 1.77 bits per heavy atom. The van der Waals surface area contributed by atoms with Crippen molar-refractivity contribution in [3.05, 3.63) is 48.0 Å². The molecule has 1 amide bonds. The summed E-state index contributed by atoms with van der Waals surface area (Å²) in [5.74, 6) is 1.39. The highest BCUT2D eigenvalue weighted by molar-refractivity contribution is 5.94. The second kappa shape index (κ2) is 6.85. The van der Waals surface area contributed by atoms with Gasteiger partial charge in [-0.25, -0.2) is 0 Å². The average molecular weight is 301 g/mol. The third-order valence-electron chi connectivity index (χ3n) is 3.45. The molecule has 0 fully saturated rings. The number of methoxy groups -OCH3 is 2. The summed E-state index contributed by atoms with van der Waals surface area (Å²) in [6, 6.07) is 11.9. The summed E-state index contributed by atoms with van der Waals surface area (Å²) >= 11 is 0. The number of anilines is 1. The molecule has 0 atom stereocenters. The van der Waals surface area contributed by atoms with Gasteiger partial charge in [-0.3, -0.25) is 4.79 Å². The number of phenols is 1. The Labute approximate surface area is 129 Å². The number of hydrogen-bond donors (Lipinski definition) is 1. The molecule has 5 heteroatoms. The van der Waals surface area contributed by atoms with Crippen LogP contribution in [0.5, 0.6) is 17.2 Å². The molecule has 1 N–H and O–H groups in total. The third-order valence-corrected chi connectivity index (χ3v) is 3.45. The molecule has 0 radical (unpaired) electrons. The predicted molar refractivity (Wildman–Crippen MR) is 84.8 cm³/mol. The maximum absolute atomic E-state index is 12.4. The van der Waals surface area contributed by atoms with Crippen LogP contribution in [-0.2, 0) is 11.2 Å². The zero-order valence-electron chi connectivity index (χ0n) is 12.9. The maximum atomic E-state index is 12.4. The number of nitrogens with zero attached hydrogens (tertiary/aromatic N) is 1. The van der Waals surface area contributed by atoms with Crippen LogP contribution in [0.2, 0.25) is 0 Å². The largest absolute Gasteiger partial charge is 0.508 e. The highest BCUT2D eigenvalue weighted by Gasteiger charge is 2.15. The second-order valence-corrected chi connectivity index (χ2v) is 4.82.